The summed E-state index contributed by atoms with van der Waals surface area (Å²) in [6.45, 7) is 0. The van der Waals surface area contributed by atoms with Crippen molar-refractivity contribution in [1.29, 1.82) is 0 Å². The first-order valence-corrected chi connectivity index (χ1v) is 2.43. The van der Waals surface area contributed by atoms with Crippen LogP contribution in [0.25, 0.3) is 0 Å². The third-order valence-corrected chi connectivity index (χ3v) is 0. The maximum Gasteiger partial charge on any atom is 2.00 e. The molecule has 0 aliphatic carbocycles. The van der Waals surface area contributed by atoms with Crippen molar-refractivity contribution in [1.82, 2.24) is 0 Å². The number of hydrogen-bond acceptors (Lipinski definition) is 4. The molecule has 56 valence electrons. The Morgan fingerprint density at radius 3 is 1.22 bits per heavy atom. The van der Waals surface area contributed by atoms with Gasteiger partial charge in [-0.2, -0.15) is 8.42 Å². The van der Waals surface area contributed by atoms with Crippen molar-refractivity contribution in [2.24, 2.45) is 11.7 Å². The average Bonchev–Trinajstić information content (AvgIpc) is 1.36. The minimum atomic E-state index is -4.67. The van der Waals surface area contributed by atoms with Crippen LogP contribution < -0.4 is 11.7 Å². The number of nitrogens with two attached hydrogens (primary N) is 2. The standard InChI is InChI=1S/Al.Mg.H4N2.H2O4S.5H/c;;1-2;1-5(2,3)4;;;;;/h;;1-2H2;(H2,1,2,3,4);;;;;/q;+2;;;;;;2*-1. The summed E-state index contributed by atoms with van der Waals surface area (Å²) in [6, 6.07) is 0. The van der Waals surface area contributed by atoms with Crippen molar-refractivity contribution < 1.29 is 20.4 Å². The van der Waals surface area contributed by atoms with Crippen molar-refractivity contribution in [2.45, 2.75) is 0 Å². The van der Waals surface area contributed by atoms with Crippen LogP contribution in [0.2, 0.25) is 0 Å². The summed E-state index contributed by atoms with van der Waals surface area (Å²) in [4.78, 5) is 0. The molecule has 0 atom stereocenters. The normalized spacial score (nSPS) is 7.11. The van der Waals surface area contributed by atoms with Crippen LogP contribution in [0.15, 0.2) is 0 Å². The van der Waals surface area contributed by atoms with Gasteiger partial charge in [0, 0.05) is 0 Å². The van der Waals surface area contributed by atoms with E-state index in [4.69, 9.17) is 17.5 Å². The molecule has 0 spiro atoms. The van der Waals surface area contributed by atoms with E-state index in [1.165, 1.54) is 0 Å². The molecular weight excluding hydrogens is 175 g/mol. The summed E-state index contributed by atoms with van der Waals surface area (Å²) < 4.78 is 31.6. The molecule has 0 aromatic carbocycles. The Hall–Kier alpha value is 1.09. The van der Waals surface area contributed by atoms with Gasteiger partial charge in [0.1, 0.15) is 0 Å². The van der Waals surface area contributed by atoms with Crippen LogP contribution in [0.4, 0.5) is 0 Å². The third kappa shape index (κ3) is 385. The Balaban J connectivity index is -0.00000000972. The van der Waals surface area contributed by atoms with E-state index in [2.05, 4.69) is 11.7 Å². The molecule has 0 fully saturated rings. The van der Waals surface area contributed by atoms with E-state index in [1.807, 2.05) is 0 Å². The van der Waals surface area contributed by atoms with Crippen LogP contribution in [0.1, 0.15) is 2.85 Å². The van der Waals surface area contributed by atoms with Crippen LogP contribution in [-0.4, -0.2) is 57.9 Å². The van der Waals surface area contributed by atoms with Crippen molar-refractivity contribution in [3.05, 3.63) is 0 Å². The molecule has 0 heterocycles. The number of rotatable bonds is 0. The predicted molar refractivity (Wildman–Crippen MR) is 40.5 cm³/mol. The second-order valence-electron chi connectivity index (χ2n) is 0.448. The van der Waals surface area contributed by atoms with Gasteiger partial charge in [0.2, 0.25) is 0 Å². The third-order valence-electron chi connectivity index (χ3n) is 0. The molecule has 0 amide bonds. The fourth-order valence-electron chi connectivity index (χ4n) is 0. The molecule has 0 aromatic heterocycles. The SMILES string of the molecule is NN.O=S(=O)(O)O.[AlH3].[H-].[H-].[Mg+2]. The summed E-state index contributed by atoms with van der Waals surface area (Å²) in [6.07, 6.45) is 0. The van der Waals surface area contributed by atoms with Gasteiger partial charge in [0.15, 0.2) is 17.4 Å². The fourth-order valence-corrected chi connectivity index (χ4v) is 0. The molecule has 6 nitrogen and oxygen atoms in total. The topological polar surface area (TPSA) is 127 Å². The molecule has 0 bridgehead atoms. The molecule has 0 aliphatic heterocycles. The molecular formula is H11AlMgN2O4S. The molecule has 9 heavy (non-hydrogen) atoms. The van der Waals surface area contributed by atoms with Gasteiger partial charge in [-0.3, -0.25) is 20.8 Å². The molecule has 0 radical (unpaired) electrons. The summed E-state index contributed by atoms with van der Waals surface area (Å²) in [5.41, 5.74) is 0. The van der Waals surface area contributed by atoms with Gasteiger partial charge in [0.05, 0.1) is 0 Å². The van der Waals surface area contributed by atoms with Crippen LogP contribution in [0.3, 0.4) is 0 Å². The first kappa shape index (κ1) is 22.5. The van der Waals surface area contributed by atoms with Gasteiger partial charge in [-0.25, -0.2) is 0 Å². The molecule has 6 N–H and O–H groups in total. The summed E-state index contributed by atoms with van der Waals surface area (Å²) in [5.74, 6) is 8.00. The van der Waals surface area contributed by atoms with Crippen molar-refractivity contribution >= 4 is 50.8 Å². The fraction of sp³-hybridized carbons (Fsp3) is 0. The van der Waals surface area contributed by atoms with Crippen LogP contribution in [0, 0.1) is 0 Å². The zero-order valence-corrected chi connectivity index (χ0v) is 6.21. The van der Waals surface area contributed by atoms with Crippen LogP contribution >= 0.6 is 0 Å². The average molecular weight is 186 g/mol. The Labute approximate surface area is 82.8 Å². The minimum Gasteiger partial charge on any atom is -1.00 e. The summed E-state index contributed by atoms with van der Waals surface area (Å²) >= 11 is 0. The molecule has 9 heteroatoms. The number of hydrogen-bond donors (Lipinski definition) is 4. The molecule has 0 saturated heterocycles. The van der Waals surface area contributed by atoms with E-state index >= 15 is 0 Å². The maximum atomic E-state index is 8.74. The summed E-state index contributed by atoms with van der Waals surface area (Å²) in [5, 5.41) is 0. The Kier molecular flexibility index (Phi) is 29.6. The molecule has 0 saturated carbocycles. The molecule has 0 rings (SSSR count). The van der Waals surface area contributed by atoms with Gasteiger partial charge < -0.3 is 2.85 Å². The quantitative estimate of drug-likeness (QED) is 0.137. The first-order chi connectivity index (χ1) is 3.00. The van der Waals surface area contributed by atoms with Gasteiger partial charge in [-0.15, -0.1) is 0 Å². The Morgan fingerprint density at radius 1 is 1.22 bits per heavy atom. The Morgan fingerprint density at radius 2 is 1.22 bits per heavy atom. The second-order valence-corrected chi connectivity index (χ2v) is 1.34. The largest absolute Gasteiger partial charge is 2.00 e. The second kappa shape index (κ2) is 11.8. The van der Waals surface area contributed by atoms with Crippen molar-refractivity contribution in [3.8, 4) is 0 Å². The van der Waals surface area contributed by atoms with Crippen LogP contribution in [-0.2, 0) is 10.4 Å². The number of hydrazine groups is 1. The maximum absolute atomic E-state index is 8.74. The zero-order valence-electron chi connectivity index (χ0n) is 5.98. The van der Waals surface area contributed by atoms with E-state index < -0.39 is 10.4 Å². The molecule has 0 aromatic rings. The van der Waals surface area contributed by atoms with E-state index in [0.29, 0.717) is 0 Å². The van der Waals surface area contributed by atoms with E-state index in [1.54, 1.807) is 0 Å². The summed E-state index contributed by atoms with van der Waals surface area (Å²) in [7, 11) is -4.67. The molecule has 0 unspecified atom stereocenters. The van der Waals surface area contributed by atoms with Gasteiger partial charge in [-0.1, -0.05) is 0 Å². The van der Waals surface area contributed by atoms with E-state index in [0.717, 1.165) is 0 Å². The minimum absolute atomic E-state index is 0. The first-order valence-electron chi connectivity index (χ1n) is 1.03. The van der Waals surface area contributed by atoms with Gasteiger partial charge in [0.25, 0.3) is 0 Å². The monoisotopic (exact) mass is 186 g/mol. The van der Waals surface area contributed by atoms with Crippen molar-refractivity contribution in [3.63, 3.8) is 0 Å². The Bertz CT molecular complexity index is 109. The van der Waals surface area contributed by atoms with Crippen LogP contribution in [0.5, 0.6) is 0 Å². The van der Waals surface area contributed by atoms with E-state index in [9.17, 15) is 0 Å². The zero-order chi connectivity index (χ0) is 6.50. The molecule has 0 aliphatic rings. The van der Waals surface area contributed by atoms with E-state index in [-0.39, 0.29) is 43.3 Å². The smallest absolute Gasteiger partial charge is 1.00 e. The predicted octanol–water partition coefficient (Wildman–Crippen LogP) is -3.17. The van der Waals surface area contributed by atoms with Gasteiger partial charge >= 0.3 is 33.5 Å². The van der Waals surface area contributed by atoms with Gasteiger partial charge in [-0.05, 0) is 0 Å². The van der Waals surface area contributed by atoms with Crippen molar-refractivity contribution in [2.75, 3.05) is 0 Å².